The lowest BCUT2D eigenvalue weighted by Crippen LogP contribution is -2.15. The molecule has 0 radical (unpaired) electrons. The molecular weight excluding hydrogens is 629 g/mol. The highest BCUT2D eigenvalue weighted by Crippen LogP contribution is 2.51. The molecule has 0 bridgehead atoms. The summed E-state index contributed by atoms with van der Waals surface area (Å²) in [7, 11) is 0. The molecule has 1 aliphatic carbocycles. The van der Waals surface area contributed by atoms with Gasteiger partial charge in [-0.25, -0.2) is 0 Å². The molecular formula is C50H36N2. The van der Waals surface area contributed by atoms with Gasteiger partial charge in [0, 0.05) is 34.3 Å². The van der Waals surface area contributed by atoms with E-state index in [2.05, 4.69) is 181 Å². The van der Waals surface area contributed by atoms with Crippen LogP contribution in [0.1, 0.15) is 25.0 Å². The van der Waals surface area contributed by atoms with Crippen LogP contribution in [0.25, 0.3) is 83.1 Å². The Kier molecular flexibility index (Phi) is 6.87. The maximum absolute atomic E-state index is 4.14. The van der Waals surface area contributed by atoms with Crippen molar-refractivity contribution < 1.29 is 0 Å². The molecule has 0 saturated heterocycles. The van der Waals surface area contributed by atoms with Gasteiger partial charge in [-0.2, -0.15) is 0 Å². The summed E-state index contributed by atoms with van der Waals surface area (Å²) in [5, 5.41) is 2.55. The summed E-state index contributed by atoms with van der Waals surface area (Å²) < 4.78 is 2.38. The zero-order valence-electron chi connectivity index (χ0n) is 29.2. The molecule has 7 aromatic carbocycles. The van der Waals surface area contributed by atoms with Gasteiger partial charge in [-0.15, -0.1) is 0 Å². The Hall–Kier alpha value is -6.51. The SMILES string of the molecule is CC1(C)c2cc(-c3ccc(-c4ccc(-c5ccncc5)cc4)cc3)ccc2-c2ccc(-c3ccc4c(c3)c3ccccc3n4-c3ccccc3)cc21. The van der Waals surface area contributed by atoms with E-state index in [1.165, 1.54) is 94.3 Å². The number of para-hydroxylation sites is 2. The fourth-order valence-electron chi connectivity index (χ4n) is 8.36. The molecule has 0 saturated carbocycles. The van der Waals surface area contributed by atoms with Crippen LogP contribution in [0.5, 0.6) is 0 Å². The number of hydrogen-bond donors (Lipinski definition) is 0. The summed E-state index contributed by atoms with van der Waals surface area (Å²) in [5.41, 5.74) is 18.7. The Bertz CT molecular complexity index is 2770. The molecule has 246 valence electrons. The molecule has 10 rings (SSSR count). The minimum atomic E-state index is -0.124. The molecule has 2 nitrogen and oxygen atoms in total. The molecule has 0 unspecified atom stereocenters. The number of aromatic nitrogens is 2. The molecule has 9 aromatic rings. The molecule has 52 heavy (non-hydrogen) atoms. The third-order valence-corrected chi connectivity index (χ3v) is 11.1. The molecule has 0 amide bonds. The Labute approximate surface area is 304 Å². The lowest BCUT2D eigenvalue weighted by Gasteiger charge is -2.22. The van der Waals surface area contributed by atoms with Gasteiger partial charge in [0.25, 0.3) is 0 Å². The quantitative estimate of drug-likeness (QED) is 0.179. The second kappa shape index (κ2) is 11.8. The molecule has 0 aliphatic heterocycles. The van der Waals surface area contributed by atoms with Crippen LogP contribution >= 0.6 is 0 Å². The minimum Gasteiger partial charge on any atom is -0.309 e. The highest BCUT2D eigenvalue weighted by molar-refractivity contribution is 6.10. The van der Waals surface area contributed by atoms with Crippen LogP contribution in [0.4, 0.5) is 0 Å². The van der Waals surface area contributed by atoms with E-state index in [4.69, 9.17) is 0 Å². The maximum Gasteiger partial charge on any atom is 0.0541 e. The van der Waals surface area contributed by atoms with Crippen molar-refractivity contribution in [2.24, 2.45) is 0 Å². The van der Waals surface area contributed by atoms with Crippen LogP contribution in [0.15, 0.2) is 182 Å². The van der Waals surface area contributed by atoms with Gasteiger partial charge in [0.1, 0.15) is 0 Å². The second-order valence-corrected chi connectivity index (χ2v) is 14.5. The van der Waals surface area contributed by atoms with E-state index in [0.29, 0.717) is 0 Å². The fraction of sp³-hybridized carbons (Fsp3) is 0.0600. The third kappa shape index (κ3) is 4.83. The first kappa shape index (κ1) is 30.3. The smallest absolute Gasteiger partial charge is 0.0541 e. The normalized spacial score (nSPS) is 13.0. The van der Waals surface area contributed by atoms with Crippen LogP contribution in [0.3, 0.4) is 0 Å². The average molecular weight is 665 g/mol. The van der Waals surface area contributed by atoms with Crippen LogP contribution < -0.4 is 0 Å². The van der Waals surface area contributed by atoms with Crippen molar-refractivity contribution in [2.45, 2.75) is 19.3 Å². The van der Waals surface area contributed by atoms with Crippen molar-refractivity contribution in [3.8, 4) is 61.3 Å². The number of rotatable bonds is 5. The van der Waals surface area contributed by atoms with E-state index in [-0.39, 0.29) is 5.41 Å². The predicted octanol–water partition coefficient (Wildman–Crippen LogP) is 13.2. The Morgan fingerprint density at radius 2 is 0.827 bits per heavy atom. The number of benzene rings is 7. The highest BCUT2D eigenvalue weighted by Gasteiger charge is 2.36. The lowest BCUT2D eigenvalue weighted by atomic mass is 9.80. The Morgan fingerprint density at radius 3 is 1.44 bits per heavy atom. The second-order valence-electron chi connectivity index (χ2n) is 14.5. The summed E-state index contributed by atoms with van der Waals surface area (Å²) in [4.78, 5) is 4.14. The maximum atomic E-state index is 4.14. The van der Waals surface area contributed by atoms with Gasteiger partial charge in [-0.1, -0.05) is 129 Å². The van der Waals surface area contributed by atoms with E-state index >= 15 is 0 Å². The van der Waals surface area contributed by atoms with Gasteiger partial charge >= 0.3 is 0 Å². The van der Waals surface area contributed by atoms with Crippen LogP contribution in [-0.2, 0) is 5.41 Å². The standard InChI is InChI=1S/C50H36N2/c1-50(2)46-31-39(36-18-16-34(17-19-36)33-12-14-35(15-13-33)37-26-28-51-29-27-37)20-23-42(46)43-24-21-40(32-47(43)50)38-22-25-49-45(30-38)44-10-6-7-11-48(44)52(49)41-8-4-3-5-9-41/h3-32H,1-2H3. The number of pyridine rings is 1. The van der Waals surface area contributed by atoms with E-state index in [1.54, 1.807) is 0 Å². The minimum absolute atomic E-state index is 0.124. The molecule has 1 aliphatic rings. The number of nitrogens with zero attached hydrogens (tertiary/aromatic N) is 2. The monoisotopic (exact) mass is 664 g/mol. The first-order valence-electron chi connectivity index (χ1n) is 18.0. The summed E-state index contributed by atoms with van der Waals surface area (Å²) in [5.74, 6) is 0. The van der Waals surface area contributed by atoms with Crippen molar-refractivity contribution in [2.75, 3.05) is 0 Å². The first-order chi connectivity index (χ1) is 25.5. The van der Waals surface area contributed by atoms with Crippen molar-refractivity contribution in [1.29, 1.82) is 0 Å². The summed E-state index contributed by atoms with van der Waals surface area (Å²) >= 11 is 0. The van der Waals surface area contributed by atoms with E-state index in [1.807, 2.05) is 24.5 Å². The molecule has 2 heterocycles. The van der Waals surface area contributed by atoms with Gasteiger partial charge in [0.15, 0.2) is 0 Å². The van der Waals surface area contributed by atoms with Crippen LogP contribution in [-0.4, -0.2) is 9.55 Å². The molecule has 0 N–H and O–H groups in total. The summed E-state index contributed by atoms with van der Waals surface area (Å²) in [6, 6.07) is 62.3. The number of fused-ring (bicyclic) bond motifs is 6. The van der Waals surface area contributed by atoms with Crippen molar-refractivity contribution in [3.05, 3.63) is 193 Å². The van der Waals surface area contributed by atoms with Crippen LogP contribution in [0.2, 0.25) is 0 Å². The summed E-state index contributed by atoms with van der Waals surface area (Å²) in [6.45, 7) is 4.75. The van der Waals surface area contributed by atoms with Gasteiger partial charge in [0.2, 0.25) is 0 Å². The molecule has 0 atom stereocenters. The van der Waals surface area contributed by atoms with Crippen molar-refractivity contribution in [1.82, 2.24) is 9.55 Å². The zero-order chi connectivity index (χ0) is 34.8. The van der Waals surface area contributed by atoms with E-state index < -0.39 is 0 Å². The number of hydrogen-bond acceptors (Lipinski definition) is 1. The topological polar surface area (TPSA) is 17.8 Å². The average Bonchev–Trinajstić information content (AvgIpc) is 3.66. The van der Waals surface area contributed by atoms with E-state index in [0.717, 1.165) is 0 Å². The van der Waals surface area contributed by atoms with Gasteiger partial charge in [-0.05, 0) is 121 Å². The molecule has 2 aromatic heterocycles. The third-order valence-electron chi connectivity index (χ3n) is 11.1. The van der Waals surface area contributed by atoms with Crippen LogP contribution in [0, 0.1) is 0 Å². The van der Waals surface area contributed by atoms with Gasteiger partial charge in [-0.3, -0.25) is 4.98 Å². The lowest BCUT2D eigenvalue weighted by molar-refractivity contribution is 0.661. The zero-order valence-corrected chi connectivity index (χ0v) is 29.2. The first-order valence-corrected chi connectivity index (χ1v) is 18.0. The largest absolute Gasteiger partial charge is 0.309 e. The van der Waals surface area contributed by atoms with Gasteiger partial charge in [0.05, 0.1) is 11.0 Å². The highest BCUT2D eigenvalue weighted by atomic mass is 15.0. The molecule has 2 heteroatoms. The van der Waals surface area contributed by atoms with Gasteiger partial charge < -0.3 is 4.57 Å². The van der Waals surface area contributed by atoms with E-state index in [9.17, 15) is 0 Å². The van der Waals surface area contributed by atoms with Crippen molar-refractivity contribution >= 4 is 21.8 Å². The Balaban J connectivity index is 0.965. The molecule has 0 fully saturated rings. The fourth-order valence-corrected chi connectivity index (χ4v) is 8.36. The Morgan fingerprint density at radius 1 is 0.385 bits per heavy atom. The summed E-state index contributed by atoms with van der Waals surface area (Å²) in [6.07, 6.45) is 3.68. The predicted molar refractivity (Wildman–Crippen MR) is 218 cm³/mol. The molecule has 0 spiro atoms. The van der Waals surface area contributed by atoms with Crippen molar-refractivity contribution in [3.63, 3.8) is 0 Å².